The van der Waals surface area contributed by atoms with Crippen LogP contribution in [0.3, 0.4) is 0 Å². The number of aromatic nitrogens is 1. The number of carbonyl (C=O) groups is 1. The summed E-state index contributed by atoms with van der Waals surface area (Å²) in [5.41, 5.74) is 1.30. The summed E-state index contributed by atoms with van der Waals surface area (Å²) in [6.45, 7) is 1.68. The SMILES string of the molecule is Cc1c(C(=O)O)c2cc(F)c(Cl)cc2n1C. The Morgan fingerprint density at radius 2 is 2.12 bits per heavy atom. The highest BCUT2D eigenvalue weighted by molar-refractivity contribution is 6.31. The van der Waals surface area contributed by atoms with Crippen LogP contribution in [0.5, 0.6) is 0 Å². The van der Waals surface area contributed by atoms with Crippen LogP contribution < -0.4 is 0 Å². The quantitative estimate of drug-likeness (QED) is 0.834. The monoisotopic (exact) mass is 241 g/mol. The van der Waals surface area contributed by atoms with Crippen molar-refractivity contribution >= 4 is 28.5 Å². The van der Waals surface area contributed by atoms with E-state index < -0.39 is 11.8 Å². The Balaban J connectivity index is 2.97. The van der Waals surface area contributed by atoms with Crippen molar-refractivity contribution in [2.24, 2.45) is 7.05 Å². The highest BCUT2D eigenvalue weighted by Crippen LogP contribution is 2.29. The van der Waals surface area contributed by atoms with Gasteiger partial charge in [-0.1, -0.05) is 11.6 Å². The van der Waals surface area contributed by atoms with E-state index in [1.54, 1.807) is 18.5 Å². The fourth-order valence-corrected chi connectivity index (χ4v) is 1.99. The third-order valence-electron chi connectivity index (χ3n) is 2.75. The van der Waals surface area contributed by atoms with Crippen molar-refractivity contribution in [3.8, 4) is 0 Å². The summed E-state index contributed by atoms with van der Waals surface area (Å²) < 4.78 is 15.0. The Hall–Kier alpha value is -1.55. The van der Waals surface area contributed by atoms with E-state index in [-0.39, 0.29) is 10.6 Å². The zero-order valence-corrected chi connectivity index (χ0v) is 9.47. The van der Waals surface area contributed by atoms with Crippen molar-refractivity contribution in [3.05, 3.63) is 34.2 Å². The third-order valence-corrected chi connectivity index (χ3v) is 3.04. The maximum atomic E-state index is 13.3. The van der Waals surface area contributed by atoms with Gasteiger partial charge in [0.05, 0.1) is 16.1 Å². The third kappa shape index (κ3) is 1.38. The molecule has 1 heterocycles. The van der Waals surface area contributed by atoms with Gasteiger partial charge in [0, 0.05) is 18.1 Å². The van der Waals surface area contributed by atoms with Crippen molar-refractivity contribution in [2.75, 3.05) is 0 Å². The fraction of sp³-hybridized carbons (Fsp3) is 0.182. The molecule has 0 amide bonds. The van der Waals surface area contributed by atoms with E-state index >= 15 is 0 Å². The molecule has 5 heteroatoms. The molecule has 1 aromatic carbocycles. The van der Waals surface area contributed by atoms with Gasteiger partial charge in [0.15, 0.2) is 0 Å². The number of nitrogens with zero attached hydrogens (tertiary/aromatic N) is 1. The highest BCUT2D eigenvalue weighted by atomic mass is 35.5. The van der Waals surface area contributed by atoms with E-state index in [4.69, 9.17) is 16.7 Å². The van der Waals surface area contributed by atoms with E-state index in [9.17, 15) is 9.18 Å². The smallest absolute Gasteiger partial charge is 0.338 e. The van der Waals surface area contributed by atoms with Gasteiger partial charge in [-0.3, -0.25) is 0 Å². The molecule has 2 aromatic rings. The molecule has 0 saturated carbocycles. The van der Waals surface area contributed by atoms with Gasteiger partial charge in [-0.15, -0.1) is 0 Å². The Labute approximate surface area is 96.1 Å². The van der Waals surface area contributed by atoms with Crippen molar-refractivity contribution in [3.63, 3.8) is 0 Å². The lowest BCUT2D eigenvalue weighted by atomic mass is 10.1. The first-order chi connectivity index (χ1) is 7.43. The lowest BCUT2D eigenvalue weighted by molar-refractivity contribution is 0.0698. The zero-order valence-electron chi connectivity index (χ0n) is 8.71. The molecule has 16 heavy (non-hydrogen) atoms. The number of hydrogen-bond donors (Lipinski definition) is 1. The second-order valence-corrected chi connectivity index (χ2v) is 4.02. The van der Waals surface area contributed by atoms with Crippen molar-refractivity contribution in [1.82, 2.24) is 4.57 Å². The van der Waals surface area contributed by atoms with Gasteiger partial charge in [-0.2, -0.15) is 0 Å². The molecule has 0 unspecified atom stereocenters. The summed E-state index contributed by atoms with van der Waals surface area (Å²) >= 11 is 5.67. The molecule has 1 N–H and O–H groups in total. The molecule has 0 atom stereocenters. The molecule has 0 aliphatic heterocycles. The van der Waals surface area contributed by atoms with Crippen LogP contribution in [0.25, 0.3) is 10.9 Å². The van der Waals surface area contributed by atoms with Gasteiger partial charge in [0.1, 0.15) is 5.82 Å². The normalized spacial score (nSPS) is 11.0. The molecule has 0 bridgehead atoms. The Kier molecular flexibility index (Phi) is 2.39. The van der Waals surface area contributed by atoms with Crippen LogP contribution >= 0.6 is 11.6 Å². The fourth-order valence-electron chi connectivity index (χ4n) is 1.83. The van der Waals surface area contributed by atoms with Crippen LogP contribution in [0, 0.1) is 12.7 Å². The summed E-state index contributed by atoms with van der Waals surface area (Å²) in [5.74, 6) is -1.67. The van der Waals surface area contributed by atoms with E-state index in [0.29, 0.717) is 16.6 Å². The van der Waals surface area contributed by atoms with Crippen molar-refractivity contribution in [2.45, 2.75) is 6.92 Å². The molecule has 1 aromatic heterocycles. The van der Waals surface area contributed by atoms with Gasteiger partial charge in [0.25, 0.3) is 0 Å². The number of fused-ring (bicyclic) bond motifs is 1. The summed E-state index contributed by atoms with van der Waals surface area (Å²) in [5, 5.41) is 9.43. The van der Waals surface area contributed by atoms with E-state index in [2.05, 4.69) is 0 Å². The summed E-state index contributed by atoms with van der Waals surface area (Å²) in [6, 6.07) is 2.60. The molecule has 0 spiro atoms. The second-order valence-electron chi connectivity index (χ2n) is 3.61. The maximum absolute atomic E-state index is 13.3. The number of benzene rings is 1. The maximum Gasteiger partial charge on any atom is 0.338 e. The highest BCUT2D eigenvalue weighted by Gasteiger charge is 2.19. The van der Waals surface area contributed by atoms with Gasteiger partial charge in [0.2, 0.25) is 0 Å². The van der Waals surface area contributed by atoms with Gasteiger partial charge >= 0.3 is 5.97 Å². The molecule has 0 fully saturated rings. The minimum Gasteiger partial charge on any atom is -0.478 e. The lowest BCUT2D eigenvalue weighted by Crippen LogP contribution is -1.99. The number of carboxylic acid groups (broad SMARTS) is 1. The standard InChI is InChI=1S/C11H9ClFNO2/c1-5-10(11(15)16)6-3-8(13)7(12)4-9(6)14(5)2/h3-4H,1-2H3,(H,15,16). The first-order valence-electron chi connectivity index (χ1n) is 4.60. The van der Waals surface area contributed by atoms with Crippen molar-refractivity contribution in [1.29, 1.82) is 0 Å². The Morgan fingerprint density at radius 1 is 1.50 bits per heavy atom. The van der Waals surface area contributed by atoms with Gasteiger partial charge in [-0.25, -0.2) is 9.18 Å². The molecule has 84 valence electrons. The number of aromatic carboxylic acids is 1. The van der Waals surface area contributed by atoms with Crippen molar-refractivity contribution < 1.29 is 14.3 Å². The van der Waals surface area contributed by atoms with Crippen LogP contribution in [-0.2, 0) is 7.05 Å². The van der Waals surface area contributed by atoms with Crippen LogP contribution in [0.1, 0.15) is 16.1 Å². The van der Waals surface area contributed by atoms with Crippen LogP contribution in [0.4, 0.5) is 4.39 Å². The number of halogens is 2. The molecule has 0 aliphatic rings. The number of rotatable bonds is 1. The predicted octanol–water partition coefficient (Wildman–Crippen LogP) is 2.98. The van der Waals surface area contributed by atoms with Gasteiger partial charge in [-0.05, 0) is 19.1 Å². The Bertz CT molecular complexity index is 604. The van der Waals surface area contributed by atoms with Gasteiger partial charge < -0.3 is 9.67 Å². The average Bonchev–Trinajstić information content (AvgIpc) is 2.42. The summed E-state index contributed by atoms with van der Waals surface area (Å²) in [7, 11) is 1.72. The van der Waals surface area contributed by atoms with Crippen LogP contribution in [0.2, 0.25) is 5.02 Å². The predicted molar refractivity (Wildman–Crippen MR) is 59.6 cm³/mol. The minimum atomic E-state index is -1.06. The number of carboxylic acids is 1. The number of hydrogen-bond acceptors (Lipinski definition) is 1. The Morgan fingerprint density at radius 3 is 2.69 bits per heavy atom. The van der Waals surface area contributed by atoms with E-state index in [1.165, 1.54) is 6.07 Å². The lowest BCUT2D eigenvalue weighted by Gasteiger charge is -1.99. The average molecular weight is 242 g/mol. The minimum absolute atomic E-state index is 0.00922. The topological polar surface area (TPSA) is 42.2 Å². The molecule has 0 saturated heterocycles. The zero-order chi connectivity index (χ0) is 12.0. The van der Waals surface area contributed by atoms with E-state index in [1.807, 2.05) is 0 Å². The largest absolute Gasteiger partial charge is 0.478 e. The summed E-state index contributed by atoms with van der Waals surface area (Å²) in [4.78, 5) is 11.1. The van der Waals surface area contributed by atoms with Crippen LogP contribution in [-0.4, -0.2) is 15.6 Å². The second kappa shape index (κ2) is 3.49. The van der Waals surface area contributed by atoms with Crippen LogP contribution in [0.15, 0.2) is 12.1 Å². The molecule has 0 aliphatic carbocycles. The molecule has 3 nitrogen and oxygen atoms in total. The summed E-state index contributed by atoms with van der Waals surface area (Å²) in [6.07, 6.45) is 0. The molecule has 0 radical (unpaired) electrons. The van der Waals surface area contributed by atoms with E-state index in [0.717, 1.165) is 6.07 Å². The molecule has 2 rings (SSSR count). The first kappa shape index (κ1) is 11.0. The molecular weight excluding hydrogens is 233 g/mol. The molecular formula is C11H9ClFNO2. The number of aryl methyl sites for hydroxylation is 1. The first-order valence-corrected chi connectivity index (χ1v) is 4.98.